The third-order valence-corrected chi connectivity index (χ3v) is 3.43. The van der Waals surface area contributed by atoms with Gasteiger partial charge in [-0.05, 0) is 26.3 Å². The molecule has 1 N–H and O–H groups in total. The molecule has 1 unspecified atom stereocenters. The lowest BCUT2D eigenvalue weighted by atomic mass is 9.85. The van der Waals surface area contributed by atoms with Crippen LogP contribution in [0.5, 0.6) is 0 Å². The van der Waals surface area contributed by atoms with Gasteiger partial charge in [0, 0.05) is 24.6 Å². The van der Waals surface area contributed by atoms with Crippen LogP contribution in [0.15, 0.2) is 0 Å². The van der Waals surface area contributed by atoms with Gasteiger partial charge in [-0.2, -0.15) is 0 Å². The maximum absolute atomic E-state index is 9.47. The van der Waals surface area contributed by atoms with Gasteiger partial charge in [0.15, 0.2) is 0 Å². The standard InChI is InChI=1S/C13H29NO/c1-6-9-13(4,11-15)10-14(5)12(7-2)8-3/h12,15H,6-11H2,1-5H3. The van der Waals surface area contributed by atoms with Crippen LogP contribution in [0.25, 0.3) is 0 Å². The summed E-state index contributed by atoms with van der Waals surface area (Å²) in [5, 5.41) is 9.47. The summed E-state index contributed by atoms with van der Waals surface area (Å²) in [7, 11) is 2.18. The predicted octanol–water partition coefficient (Wildman–Crippen LogP) is 2.91. The number of nitrogens with zero attached hydrogens (tertiary/aromatic N) is 1. The average molecular weight is 215 g/mol. The van der Waals surface area contributed by atoms with Crippen molar-refractivity contribution in [2.24, 2.45) is 5.41 Å². The van der Waals surface area contributed by atoms with Crippen molar-refractivity contribution < 1.29 is 5.11 Å². The molecule has 0 aromatic rings. The van der Waals surface area contributed by atoms with Crippen molar-refractivity contribution in [3.05, 3.63) is 0 Å². The van der Waals surface area contributed by atoms with Crippen molar-refractivity contribution in [3.8, 4) is 0 Å². The van der Waals surface area contributed by atoms with Gasteiger partial charge >= 0.3 is 0 Å². The maximum Gasteiger partial charge on any atom is 0.0497 e. The molecule has 0 aromatic heterocycles. The third kappa shape index (κ3) is 4.98. The highest BCUT2D eigenvalue weighted by atomic mass is 16.3. The van der Waals surface area contributed by atoms with Crippen molar-refractivity contribution in [2.45, 2.75) is 59.4 Å². The molecule has 15 heavy (non-hydrogen) atoms. The molecule has 1 atom stereocenters. The van der Waals surface area contributed by atoms with Gasteiger partial charge in [-0.1, -0.05) is 34.1 Å². The van der Waals surface area contributed by atoms with E-state index in [-0.39, 0.29) is 5.41 Å². The molecule has 0 saturated carbocycles. The minimum atomic E-state index is 0.0755. The van der Waals surface area contributed by atoms with E-state index in [9.17, 15) is 5.11 Å². The summed E-state index contributed by atoms with van der Waals surface area (Å²) in [6, 6.07) is 0.660. The van der Waals surface area contributed by atoms with Gasteiger partial charge < -0.3 is 10.0 Å². The van der Waals surface area contributed by atoms with E-state index in [1.807, 2.05) is 0 Å². The molecule has 0 amide bonds. The molecule has 0 bridgehead atoms. The lowest BCUT2D eigenvalue weighted by molar-refractivity contribution is 0.0710. The number of aliphatic hydroxyl groups is 1. The first-order chi connectivity index (χ1) is 7.02. The second kappa shape index (κ2) is 7.24. The summed E-state index contributed by atoms with van der Waals surface area (Å²) >= 11 is 0. The molecular formula is C13H29NO. The Morgan fingerprint density at radius 1 is 1.20 bits per heavy atom. The summed E-state index contributed by atoms with van der Waals surface area (Å²) in [6.45, 7) is 10.1. The molecule has 0 radical (unpaired) electrons. The Hall–Kier alpha value is -0.0800. The Morgan fingerprint density at radius 2 is 1.73 bits per heavy atom. The first kappa shape index (κ1) is 14.9. The second-order valence-corrected chi connectivity index (χ2v) is 5.10. The summed E-state index contributed by atoms with van der Waals surface area (Å²) < 4.78 is 0. The van der Waals surface area contributed by atoms with E-state index < -0.39 is 0 Å². The molecule has 2 heteroatoms. The van der Waals surface area contributed by atoms with Crippen molar-refractivity contribution in [1.29, 1.82) is 0 Å². The third-order valence-electron chi connectivity index (χ3n) is 3.43. The smallest absolute Gasteiger partial charge is 0.0497 e. The van der Waals surface area contributed by atoms with Crippen LogP contribution < -0.4 is 0 Å². The van der Waals surface area contributed by atoms with Crippen LogP contribution in [-0.2, 0) is 0 Å². The zero-order valence-electron chi connectivity index (χ0n) is 11.2. The maximum atomic E-state index is 9.47. The fourth-order valence-corrected chi connectivity index (χ4v) is 2.45. The topological polar surface area (TPSA) is 23.5 Å². The highest BCUT2D eigenvalue weighted by Crippen LogP contribution is 2.25. The number of hydrogen-bond acceptors (Lipinski definition) is 2. The Kier molecular flexibility index (Phi) is 7.20. The highest BCUT2D eigenvalue weighted by Gasteiger charge is 2.26. The van der Waals surface area contributed by atoms with E-state index in [4.69, 9.17) is 0 Å². The van der Waals surface area contributed by atoms with E-state index >= 15 is 0 Å². The molecule has 0 saturated heterocycles. The molecule has 0 spiro atoms. The van der Waals surface area contributed by atoms with Gasteiger partial charge in [0.2, 0.25) is 0 Å². The van der Waals surface area contributed by atoms with E-state index in [0.29, 0.717) is 12.6 Å². The SMILES string of the molecule is CCCC(C)(CO)CN(C)C(CC)CC. The first-order valence-corrected chi connectivity index (χ1v) is 6.34. The molecule has 2 nitrogen and oxygen atoms in total. The fraction of sp³-hybridized carbons (Fsp3) is 1.00. The molecule has 0 aliphatic heterocycles. The van der Waals surface area contributed by atoms with Crippen LogP contribution in [-0.4, -0.2) is 36.2 Å². The second-order valence-electron chi connectivity index (χ2n) is 5.10. The van der Waals surface area contributed by atoms with Crippen LogP contribution in [0.2, 0.25) is 0 Å². The van der Waals surface area contributed by atoms with E-state index in [1.54, 1.807) is 0 Å². The molecule has 0 aliphatic rings. The molecule has 0 aromatic carbocycles. The van der Waals surface area contributed by atoms with Gasteiger partial charge in [-0.25, -0.2) is 0 Å². The first-order valence-electron chi connectivity index (χ1n) is 6.34. The van der Waals surface area contributed by atoms with Crippen molar-refractivity contribution in [1.82, 2.24) is 4.90 Å². The fourth-order valence-electron chi connectivity index (χ4n) is 2.45. The lowest BCUT2D eigenvalue weighted by Crippen LogP contribution is -2.41. The Bertz CT molecular complexity index is 157. The van der Waals surface area contributed by atoms with Gasteiger partial charge in [0.25, 0.3) is 0 Å². The normalized spacial score (nSPS) is 16.0. The Labute approximate surface area is 95.7 Å². The van der Waals surface area contributed by atoms with Gasteiger partial charge in [-0.15, -0.1) is 0 Å². The van der Waals surface area contributed by atoms with Crippen LogP contribution in [0.3, 0.4) is 0 Å². The lowest BCUT2D eigenvalue weighted by Gasteiger charge is -2.36. The van der Waals surface area contributed by atoms with E-state index in [0.717, 1.165) is 19.4 Å². The predicted molar refractivity (Wildman–Crippen MR) is 67.1 cm³/mol. The zero-order chi connectivity index (χ0) is 11.9. The number of rotatable bonds is 8. The zero-order valence-corrected chi connectivity index (χ0v) is 11.2. The minimum absolute atomic E-state index is 0.0755. The number of aliphatic hydroxyl groups excluding tert-OH is 1. The summed E-state index contributed by atoms with van der Waals surface area (Å²) in [4.78, 5) is 2.41. The van der Waals surface area contributed by atoms with Crippen LogP contribution >= 0.6 is 0 Å². The molecular weight excluding hydrogens is 186 g/mol. The van der Waals surface area contributed by atoms with E-state index in [1.165, 1.54) is 12.8 Å². The van der Waals surface area contributed by atoms with Crippen LogP contribution in [0.1, 0.15) is 53.4 Å². The summed E-state index contributed by atoms with van der Waals surface area (Å²) in [5.74, 6) is 0. The van der Waals surface area contributed by atoms with Gasteiger partial charge in [0.05, 0.1) is 0 Å². The van der Waals surface area contributed by atoms with Crippen molar-refractivity contribution >= 4 is 0 Å². The molecule has 0 heterocycles. The highest BCUT2D eigenvalue weighted by molar-refractivity contribution is 4.79. The summed E-state index contributed by atoms with van der Waals surface area (Å²) in [6.07, 6.45) is 4.64. The number of hydrogen-bond donors (Lipinski definition) is 1. The van der Waals surface area contributed by atoms with Crippen LogP contribution in [0.4, 0.5) is 0 Å². The van der Waals surface area contributed by atoms with Crippen molar-refractivity contribution in [2.75, 3.05) is 20.2 Å². The van der Waals surface area contributed by atoms with Crippen LogP contribution in [0, 0.1) is 5.41 Å². The Morgan fingerprint density at radius 3 is 2.07 bits per heavy atom. The average Bonchev–Trinajstić information content (AvgIpc) is 2.20. The molecule has 92 valence electrons. The van der Waals surface area contributed by atoms with Gasteiger partial charge in [-0.3, -0.25) is 0 Å². The van der Waals surface area contributed by atoms with E-state index in [2.05, 4.69) is 39.6 Å². The van der Waals surface area contributed by atoms with Gasteiger partial charge in [0.1, 0.15) is 0 Å². The summed E-state index contributed by atoms with van der Waals surface area (Å²) in [5.41, 5.74) is 0.0755. The van der Waals surface area contributed by atoms with Crippen molar-refractivity contribution in [3.63, 3.8) is 0 Å². The Balaban J connectivity index is 4.27. The monoisotopic (exact) mass is 215 g/mol. The molecule has 0 fully saturated rings. The molecule has 0 aliphatic carbocycles. The largest absolute Gasteiger partial charge is 0.396 e. The quantitative estimate of drug-likeness (QED) is 0.673. The molecule has 0 rings (SSSR count). The minimum Gasteiger partial charge on any atom is -0.396 e.